The number of rotatable bonds is 3. The predicted octanol–water partition coefficient (Wildman–Crippen LogP) is 2.95. The molecule has 2 rings (SSSR count). The summed E-state index contributed by atoms with van der Waals surface area (Å²) in [5.74, 6) is 0. The fourth-order valence-corrected chi connectivity index (χ4v) is 2.20. The van der Waals surface area contributed by atoms with Crippen LogP contribution >= 0.6 is 11.3 Å². The number of benzene rings is 1. The molecule has 0 aliphatic rings. The van der Waals surface area contributed by atoms with Gasteiger partial charge < -0.3 is 11.1 Å². The van der Waals surface area contributed by atoms with Crippen LogP contribution in [0.2, 0.25) is 0 Å². The molecule has 0 amide bonds. The topological polar surface area (TPSA) is 50.9 Å². The maximum atomic E-state index is 5.88. The summed E-state index contributed by atoms with van der Waals surface area (Å²) in [6.07, 6.45) is 1.89. The molecule has 0 saturated carbocycles. The molecule has 4 heteroatoms. The highest BCUT2D eigenvalue weighted by Gasteiger charge is 2.01. The van der Waals surface area contributed by atoms with E-state index in [1.807, 2.05) is 18.3 Å². The van der Waals surface area contributed by atoms with Crippen molar-refractivity contribution in [3.8, 4) is 0 Å². The lowest BCUT2D eigenvalue weighted by Crippen LogP contribution is -2.02. The number of aromatic nitrogens is 1. The van der Waals surface area contributed by atoms with Crippen molar-refractivity contribution in [1.82, 2.24) is 4.98 Å². The van der Waals surface area contributed by atoms with Gasteiger partial charge in [-0.25, -0.2) is 4.98 Å². The van der Waals surface area contributed by atoms with Gasteiger partial charge in [-0.1, -0.05) is 6.07 Å². The van der Waals surface area contributed by atoms with Gasteiger partial charge in [-0.3, -0.25) is 0 Å². The smallest absolute Gasteiger partial charge is 0.112 e. The summed E-state index contributed by atoms with van der Waals surface area (Å²) < 4.78 is 0. The van der Waals surface area contributed by atoms with Crippen molar-refractivity contribution in [1.29, 1.82) is 0 Å². The molecule has 3 N–H and O–H groups in total. The van der Waals surface area contributed by atoms with Crippen molar-refractivity contribution in [2.45, 2.75) is 20.4 Å². The molecule has 0 saturated heterocycles. The first-order chi connectivity index (χ1) is 7.65. The molecule has 0 radical (unpaired) electrons. The summed E-state index contributed by atoms with van der Waals surface area (Å²) in [4.78, 5) is 5.53. The monoisotopic (exact) mass is 233 g/mol. The zero-order valence-electron chi connectivity index (χ0n) is 9.45. The second-order valence-corrected chi connectivity index (χ2v) is 5.13. The number of nitrogens with zero attached hydrogens (tertiary/aromatic N) is 1. The minimum Gasteiger partial charge on any atom is -0.397 e. The van der Waals surface area contributed by atoms with Crippen LogP contribution in [0, 0.1) is 13.8 Å². The van der Waals surface area contributed by atoms with Gasteiger partial charge in [0.15, 0.2) is 0 Å². The van der Waals surface area contributed by atoms with Crippen molar-refractivity contribution in [3.05, 3.63) is 39.8 Å². The Labute approximate surface area is 99.3 Å². The fraction of sp³-hybridized carbons (Fsp3) is 0.250. The molecular weight excluding hydrogens is 218 g/mol. The lowest BCUT2D eigenvalue weighted by Gasteiger charge is -2.08. The summed E-state index contributed by atoms with van der Waals surface area (Å²) in [5, 5.41) is 4.39. The number of aryl methyl sites for hydroxylation is 2. The molecule has 0 unspecified atom stereocenters. The normalized spacial score (nSPS) is 10.4. The van der Waals surface area contributed by atoms with E-state index in [2.05, 4.69) is 30.2 Å². The molecule has 0 atom stereocenters. The molecule has 3 nitrogen and oxygen atoms in total. The minimum atomic E-state index is 0.728. The van der Waals surface area contributed by atoms with Crippen LogP contribution in [0.1, 0.15) is 15.4 Å². The van der Waals surface area contributed by atoms with Crippen molar-refractivity contribution < 1.29 is 0 Å². The van der Waals surface area contributed by atoms with Gasteiger partial charge in [0.2, 0.25) is 0 Å². The Bertz CT molecular complexity index is 491. The van der Waals surface area contributed by atoms with Crippen molar-refractivity contribution >= 4 is 22.7 Å². The van der Waals surface area contributed by atoms with Crippen LogP contribution < -0.4 is 11.1 Å². The number of nitrogens with one attached hydrogen (secondary N) is 1. The van der Waals surface area contributed by atoms with E-state index in [4.69, 9.17) is 5.73 Å². The molecule has 1 aromatic heterocycles. The highest BCUT2D eigenvalue weighted by molar-refractivity contribution is 7.11. The lowest BCUT2D eigenvalue weighted by atomic mass is 10.2. The van der Waals surface area contributed by atoms with Crippen molar-refractivity contribution in [2.24, 2.45) is 0 Å². The molecule has 84 valence electrons. The molecule has 1 heterocycles. The Morgan fingerprint density at radius 2 is 2.19 bits per heavy atom. The largest absolute Gasteiger partial charge is 0.397 e. The summed E-state index contributed by atoms with van der Waals surface area (Å²) in [5.41, 5.74) is 8.84. The quantitative estimate of drug-likeness (QED) is 0.801. The third kappa shape index (κ3) is 2.52. The molecule has 0 spiro atoms. The number of nitrogens with two attached hydrogens (primary N) is 1. The highest BCUT2D eigenvalue weighted by Crippen LogP contribution is 2.21. The van der Waals surface area contributed by atoms with Gasteiger partial charge in [-0.2, -0.15) is 0 Å². The summed E-state index contributed by atoms with van der Waals surface area (Å²) in [6.45, 7) is 4.84. The van der Waals surface area contributed by atoms with Gasteiger partial charge in [0, 0.05) is 11.1 Å². The zero-order chi connectivity index (χ0) is 11.5. The molecule has 2 aromatic rings. The van der Waals surface area contributed by atoms with E-state index in [0.29, 0.717) is 0 Å². The molecular formula is C12H15N3S. The maximum absolute atomic E-state index is 5.88. The summed E-state index contributed by atoms with van der Waals surface area (Å²) in [7, 11) is 0. The fourth-order valence-electron chi connectivity index (χ4n) is 1.48. The standard InChI is InChI=1S/C12H15N3S/c1-8-3-4-10(13)11(5-8)14-7-12-15-6-9(2)16-12/h3-6,14H,7,13H2,1-2H3. The first-order valence-electron chi connectivity index (χ1n) is 5.16. The van der Waals surface area contributed by atoms with Gasteiger partial charge in [0.05, 0.1) is 17.9 Å². The SMILES string of the molecule is Cc1ccc(N)c(NCc2ncc(C)s2)c1. The van der Waals surface area contributed by atoms with Gasteiger partial charge in [0.25, 0.3) is 0 Å². The van der Waals surface area contributed by atoms with E-state index in [0.717, 1.165) is 22.9 Å². The van der Waals surface area contributed by atoms with Crippen LogP contribution in [0.5, 0.6) is 0 Å². The number of nitrogen functional groups attached to an aromatic ring is 1. The number of hydrogen-bond donors (Lipinski definition) is 2. The predicted molar refractivity (Wildman–Crippen MR) is 69.8 cm³/mol. The third-order valence-electron chi connectivity index (χ3n) is 2.31. The van der Waals surface area contributed by atoms with E-state index in [-0.39, 0.29) is 0 Å². The molecule has 1 aromatic carbocycles. The van der Waals surface area contributed by atoms with Crippen LogP contribution in [0.3, 0.4) is 0 Å². The number of anilines is 2. The Morgan fingerprint density at radius 1 is 1.38 bits per heavy atom. The molecule has 0 bridgehead atoms. The summed E-state index contributed by atoms with van der Waals surface area (Å²) >= 11 is 1.70. The Morgan fingerprint density at radius 3 is 2.88 bits per heavy atom. The molecule has 0 fully saturated rings. The van der Waals surface area contributed by atoms with Crippen molar-refractivity contribution in [2.75, 3.05) is 11.1 Å². The molecule has 0 aliphatic carbocycles. The van der Waals surface area contributed by atoms with E-state index in [9.17, 15) is 0 Å². The first kappa shape index (κ1) is 11.0. The van der Waals surface area contributed by atoms with Crippen LogP contribution in [-0.2, 0) is 6.54 Å². The molecule has 16 heavy (non-hydrogen) atoms. The van der Waals surface area contributed by atoms with Gasteiger partial charge in [-0.15, -0.1) is 11.3 Å². The second-order valence-electron chi connectivity index (χ2n) is 3.81. The maximum Gasteiger partial charge on any atom is 0.112 e. The Hall–Kier alpha value is -1.55. The van der Waals surface area contributed by atoms with Crippen LogP contribution in [0.4, 0.5) is 11.4 Å². The number of thiazole rings is 1. The lowest BCUT2D eigenvalue weighted by molar-refractivity contribution is 1.10. The van der Waals surface area contributed by atoms with Crippen molar-refractivity contribution in [3.63, 3.8) is 0 Å². The highest BCUT2D eigenvalue weighted by atomic mass is 32.1. The minimum absolute atomic E-state index is 0.728. The van der Waals surface area contributed by atoms with Crippen LogP contribution in [0.15, 0.2) is 24.4 Å². The van der Waals surface area contributed by atoms with Gasteiger partial charge >= 0.3 is 0 Å². The zero-order valence-corrected chi connectivity index (χ0v) is 10.3. The second kappa shape index (κ2) is 4.53. The first-order valence-corrected chi connectivity index (χ1v) is 5.98. The summed E-state index contributed by atoms with van der Waals surface area (Å²) in [6, 6.07) is 5.98. The van der Waals surface area contributed by atoms with Gasteiger partial charge in [-0.05, 0) is 31.5 Å². The van der Waals surface area contributed by atoms with Crippen LogP contribution in [0.25, 0.3) is 0 Å². The van der Waals surface area contributed by atoms with E-state index in [1.165, 1.54) is 10.4 Å². The van der Waals surface area contributed by atoms with Gasteiger partial charge in [0.1, 0.15) is 5.01 Å². The number of hydrogen-bond acceptors (Lipinski definition) is 4. The Balaban J connectivity index is 2.07. The van der Waals surface area contributed by atoms with E-state index < -0.39 is 0 Å². The molecule has 0 aliphatic heterocycles. The average Bonchev–Trinajstić information content (AvgIpc) is 2.66. The average molecular weight is 233 g/mol. The van der Waals surface area contributed by atoms with E-state index in [1.54, 1.807) is 11.3 Å². The van der Waals surface area contributed by atoms with Crippen LogP contribution in [-0.4, -0.2) is 4.98 Å². The Kier molecular flexibility index (Phi) is 3.10. The van der Waals surface area contributed by atoms with E-state index >= 15 is 0 Å². The third-order valence-corrected chi connectivity index (χ3v) is 3.22.